The average molecular weight is 178 g/mol. The van der Waals surface area contributed by atoms with Gasteiger partial charge in [-0.3, -0.25) is 4.57 Å². The third kappa shape index (κ3) is 0.961. The molecule has 0 atom stereocenters. The molecule has 0 unspecified atom stereocenters. The maximum Gasteiger partial charge on any atom is 0.231 e. The van der Waals surface area contributed by atoms with Gasteiger partial charge in [-0.1, -0.05) is 18.2 Å². The molecule has 0 radical (unpaired) electrons. The molecule has 0 aliphatic carbocycles. The largest absolute Gasteiger partial charge is 0.448 e. The molecule has 0 amide bonds. The molecule has 2 nitrogen and oxygen atoms in total. The summed E-state index contributed by atoms with van der Waals surface area (Å²) in [7, 11) is -0.0500. The highest BCUT2D eigenvalue weighted by Gasteiger charge is 2.08. The normalized spacial score (nSPS) is 11.1. The van der Waals surface area contributed by atoms with Gasteiger partial charge in [-0.25, -0.2) is 0 Å². The molecular formula is C9H7O2P. The van der Waals surface area contributed by atoms with Gasteiger partial charge >= 0.3 is 0 Å². The Morgan fingerprint density at radius 1 is 1.33 bits per heavy atom. The minimum Gasteiger partial charge on any atom is -0.448 e. The van der Waals surface area contributed by atoms with E-state index in [4.69, 9.17) is 4.42 Å². The average Bonchev–Trinajstić information content (AvgIpc) is 2.44. The summed E-state index contributed by atoms with van der Waals surface area (Å²) in [6.45, 7) is 1.91. The lowest BCUT2D eigenvalue weighted by Gasteiger charge is -1.84. The van der Waals surface area contributed by atoms with Crippen molar-refractivity contribution in [2.24, 2.45) is 0 Å². The van der Waals surface area contributed by atoms with Crippen LogP contribution in [0.4, 0.5) is 0 Å². The van der Waals surface area contributed by atoms with E-state index in [1.165, 1.54) is 0 Å². The highest BCUT2D eigenvalue weighted by Crippen LogP contribution is 2.20. The van der Waals surface area contributed by atoms with Crippen molar-refractivity contribution in [1.82, 2.24) is 0 Å². The summed E-state index contributed by atoms with van der Waals surface area (Å²) in [5.74, 6) is 0. The molecule has 12 heavy (non-hydrogen) atoms. The van der Waals surface area contributed by atoms with Crippen LogP contribution in [0.1, 0.15) is 5.56 Å². The SMILES string of the molecule is Cc1c(P=O)oc2ccccc12. The summed E-state index contributed by atoms with van der Waals surface area (Å²) in [4.78, 5) is 0. The molecule has 0 saturated carbocycles. The number of hydrogen-bond donors (Lipinski definition) is 0. The number of fused-ring (bicyclic) bond motifs is 1. The van der Waals surface area contributed by atoms with Gasteiger partial charge in [-0.05, 0) is 13.0 Å². The lowest BCUT2D eigenvalue weighted by molar-refractivity contribution is 0.591. The van der Waals surface area contributed by atoms with Crippen molar-refractivity contribution in [3.8, 4) is 0 Å². The summed E-state index contributed by atoms with van der Waals surface area (Å²) in [6, 6.07) is 7.67. The zero-order valence-electron chi connectivity index (χ0n) is 6.57. The van der Waals surface area contributed by atoms with Gasteiger partial charge in [-0.2, -0.15) is 0 Å². The predicted octanol–water partition coefficient (Wildman–Crippen LogP) is 2.66. The number of hydrogen-bond acceptors (Lipinski definition) is 2. The van der Waals surface area contributed by atoms with Crippen LogP contribution in [-0.4, -0.2) is 0 Å². The predicted molar refractivity (Wildman–Crippen MR) is 48.2 cm³/mol. The maximum absolute atomic E-state index is 10.6. The first-order valence-corrected chi connectivity index (χ1v) is 4.45. The molecule has 0 N–H and O–H groups in total. The van der Waals surface area contributed by atoms with Crippen molar-refractivity contribution in [3.63, 3.8) is 0 Å². The Hall–Kier alpha value is -1.14. The third-order valence-electron chi connectivity index (χ3n) is 1.90. The van der Waals surface area contributed by atoms with Gasteiger partial charge in [0, 0.05) is 10.9 Å². The van der Waals surface area contributed by atoms with Crippen LogP contribution < -0.4 is 5.50 Å². The van der Waals surface area contributed by atoms with Crippen LogP contribution in [0.15, 0.2) is 28.7 Å². The smallest absolute Gasteiger partial charge is 0.231 e. The van der Waals surface area contributed by atoms with Crippen molar-refractivity contribution in [1.29, 1.82) is 0 Å². The first-order chi connectivity index (χ1) is 5.83. The summed E-state index contributed by atoms with van der Waals surface area (Å²) >= 11 is 0. The number of rotatable bonds is 1. The lowest BCUT2D eigenvalue weighted by Crippen LogP contribution is -1.87. The van der Waals surface area contributed by atoms with E-state index >= 15 is 0 Å². The summed E-state index contributed by atoms with van der Waals surface area (Å²) in [6.07, 6.45) is 0. The Labute approximate surface area is 71.4 Å². The monoisotopic (exact) mass is 178 g/mol. The molecule has 2 aromatic rings. The first-order valence-electron chi connectivity index (χ1n) is 3.64. The molecule has 0 aliphatic rings. The van der Waals surface area contributed by atoms with Gasteiger partial charge in [-0.15, -0.1) is 0 Å². The Bertz CT molecular complexity index is 431. The van der Waals surface area contributed by atoms with Gasteiger partial charge in [0.1, 0.15) is 5.58 Å². The van der Waals surface area contributed by atoms with Gasteiger partial charge in [0.2, 0.25) is 8.46 Å². The fourth-order valence-corrected chi connectivity index (χ4v) is 1.64. The molecule has 0 aliphatic heterocycles. The minimum atomic E-state index is -0.0500. The molecule has 3 heteroatoms. The lowest BCUT2D eigenvalue weighted by atomic mass is 10.2. The maximum atomic E-state index is 10.6. The quantitative estimate of drug-likeness (QED) is 0.628. The number of benzene rings is 1. The zero-order chi connectivity index (χ0) is 8.55. The molecule has 0 bridgehead atoms. The number of furan rings is 1. The Kier molecular flexibility index (Phi) is 1.70. The molecule has 1 aromatic carbocycles. The Morgan fingerprint density at radius 3 is 2.75 bits per heavy atom. The Morgan fingerprint density at radius 2 is 2.08 bits per heavy atom. The van der Waals surface area contributed by atoms with Gasteiger partial charge in [0.25, 0.3) is 0 Å². The van der Waals surface area contributed by atoms with Crippen LogP contribution in [0.3, 0.4) is 0 Å². The van der Waals surface area contributed by atoms with E-state index in [2.05, 4.69) is 0 Å². The van der Waals surface area contributed by atoms with E-state index < -0.39 is 0 Å². The van der Waals surface area contributed by atoms with Crippen LogP contribution in [0.25, 0.3) is 11.0 Å². The third-order valence-corrected chi connectivity index (χ3v) is 2.49. The zero-order valence-corrected chi connectivity index (χ0v) is 7.47. The summed E-state index contributed by atoms with van der Waals surface area (Å²) < 4.78 is 15.9. The molecule has 2 rings (SSSR count). The second kappa shape index (κ2) is 2.72. The van der Waals surface area contributed by atoms with Crippen molar-refractivity contribution < 1.29 is 8.98 Å². The van der Waals surface area contributed by atoms with Crippen LogP contribution in [0.5, 0.6) is 0 Å². The summed E-state index contributed by atoms with van der Waals surface area (Å²) in [5, 5.41) is 1.04. The van der Waals surface area contributed by atoms with E-state index in [0.717, 1.165) is 16.5 Å². The van der Waals surface area contributed by atoms with Gasteiger partial charge in [0.05, 0.1) is 0 Å². The standard InChI is InChI=1S/C9H7O2P/c1-6-7-4-2-3-5-8(7)11-9(6)12-10/h2-5H,1H3. The van der Waals surface area contributed by atoms with E-state index in [1.54, 1.807) is 0 Å². The van der Waals surface area contributed by atoms with E-state index in [0.29, 0.717) is 5.50 Å². The van der Waals surface area contributed by atoms with Crippen molar-refractivity contribution in [2.75, 3.05) is 0 Å². The van der Waals surface area contributed by atoms with Crippen LogP contribution >= 0.6 is 8.46 Å². The molecule has 0 spiro atoms. The van der Waals surface area contributed by atoms with Crippen LogP contribution in [0.2, 0.25) is 0 Å². The molecular weight excluding hydrogens is 171 g/mol. The highest BCUT2D eigenvalue weighted by atomic mass is 31.1. The molecule has 60 valence electrons. The molecule has 1 aromatic heterocycles. The minimum absolute atomic E-state index is 0.0500. The van der Waals surface area contributed by atoms with Crippen LogP contribution in [-0.2, 0) is 4.57 Å². The van der Waals surface area contributed by atoms with E-state index in [-0.39, 0.29) is 8.46 Å². The molecule has 0 saturated heterocycles. The fraction of sp³-hybridized carbons (Fsp3) is 0.111. The topological polar surface area (TPSA) is 30.2 Å². The van der Waals surface area contributed by atoms with Crippen molar-refractivity contribution >= 4 is 24.9 Å². The number of para-hydroxylation sites is 1. The van der Waals surface area contributed by atoms with E-state index in [1.807, 2.05) is 31.2 Å². The van der Waals surface area contributed by atoms with Gasteiger partial charge < -0.3 is 4.42 Å². The first kappa shape index (κ1) is 7.51. The Balaban J connectivity index is 2.87. The van der Waals surface area contributed by atoms with Crippen LogP contribution in [0, 0.1) is 6.92 Å². The van der Waals surface area contributed by atoms with Crippen molar-refractivity contribution in [2.45, 2.75) is 6.92 Å². The fourth-order valence-electron chi connectivity index (χ4n) is 1.25. The number of aryl methyl sites for hydroxylation is 1. The highest BCUT2D eigenvalue weighted by molar-refractivity contribution is 7.33. The second-order valence-electron chi connectivity index (χ2n) is 2.62. The summed E-state index contributed by atoms with van der Waals surface area (Å²) in [5.41, 5.74) is 2.28. The molecule has 1 heterocycles. The molecule has 0 fully saturated rings. The second-order valence-corrected chi connectivity index (χ2v) is 3.21. The van der Waals surface area contributed by atoms with E-state index in [9.17, 15) is 4.57 Å². The van der Waals surface area contributed by atoms with Crippen molar-refractivity contribution in [3.05, 3.63) is 29.8 Å². The van der Waals surface area contributed by atoms with Gasteiger partial charge in [0.15, 0.2) is 5.50 Å².